The quantitative estimate of drug-likeness (QED) is 0.453. The van der Waals surface area contributed by atoms with Crippen molar-refractivity contribution in [2.45, 2.75) is 51.3 Å². The molecule has 160 valence electrons. The van der Waals surface area contributed by atoms with E-state index in [4.69, 9.17) is 14.3 Å². The number of aromatic nitrogens is 1. The molecule has 1 fully saturated rings. The summed E-state index contributed by atoms with van der Waals surface area (Å²) in [5, 5.41) is 3.92. The monoisotopic (exact) mass is 422 g/mol. The predicted octanol–water partition coefficient (Wildman–Crippen LogP) is 5.52. The van der Waals surface area contributed by atoms with Gasteiger partial charge in [0, 0.05) is 12.3 Å². The van der Waals surface area contributed by atoms with Crippen molar-refractivity contribution in [1.82, 2.24) is 4.98 Å². The molecule has 1 atom stereocenters. The summed E-state index contributed by atoms with van der Waals surface area (Å²) in [7, 11) is 0. The minimum absolute atomic E-state index is 0.0236. The van der Waals surface area contributed by atoms with E-state index in [0.717, 1.165) is 43.5 Å². The number of carbonyl (C=O) groups is 1. The molecule has 9 heteroatoms. The van der Waals surface area contributed by atoms with Crippen molar-refractivity contribution in [3.05, 3.63) is 48.2 Å². The van der Waals surface area contributed by atoms with Crippen molar-refractivity contribution < 1.29 is 32.3 Å². The molecule has 0 N–H and O–H groups in total. The molecule has 0 amide bonds. The van der Waals surface area contributed by atoms with Gasteiger partial charge in [-0.05, 0) is 62.9 Å². The van der Waals surface area contributed by atoms with Gasteiger partial charge in [-0.3, -0.25) is 0 Å². The Balaban J connectivity index is 1.51. The Bertz CT molecular complexity index is 873. The molecule has 1 aromatic carbocycles. The van der Waals surface area contributed by atoms with E-state index in [0.29, 0.717) is 17.7 Å². The maximum Gasteiger partial charge on any atom is 0.417 e. The summed E-state index contributed by atoms with van der Waals surface area (Å²) < 4.78 is 48.6. The normalized spacial score (nSPS) is 15.3. The zero-order chi connectivity index (χ0) is 21.6. The van der Waals surface area contributed by atoms with Crippen LogP contribution in [0.4, 0.5) is 13.2 Å². The van der Waals surface area contributed by atoms with Gasteiger partial charge in [0.05, 0.1) is 11.3 Å². The number of alkyl halides is 3. The molecular formula is C21H21F3N2O4. The zero-order valence-electron chi connectivity index (χ0n) is 16.3. The minimum atomic E-state index is -4.45. The molecule has 0 radical (unpaired) electrons. The molecule has 0 saturated heterocycles. The molecule has 1 aromatic heterocycles. The second kappa shape index (κ2) is 9.60. The van der Waals surface area contributed by atoms with E-state index in [1.807, 2.05) is 0 Å². The number of pyridine rings is 1. The first-order valence-corrected chi connectivity index (χ1v) is 9.56. The van der Waals surface area contributed by atoms with Gasteiger partial charge >= 0.3 is 12.1 Å². The molecule has 6 nitrogen and oxygen atoms in total. The van der Waals surface area contributed by atoms with Gasteiger partial charge in [-0.25, -0.2) is 9.78 Å². The number of halogens is 3. The Kier molecular flexibility index (Phi) is 6.91. The molecule has 1 saturated carbocycles. The number of oxime groups is 1. The highest BCUT2D eigenvalue weighted by Crippen LogP contribution is 2.30. The fourth-order valence-electron chi connectivity index (χ4n) is 2.80. The van der Waals surface area contributed by atoms with Crippen LogP contribution in [0.25, 0.3) is 0 Å². The van der Waals surface area contributed by atoms with Gasteiger partial charge in [-0.15, -0.1) is 0 Å². The summed E-state index contributed by atoms with van der Waals surface area (Å²) in [6, 6.07) is 8.26. The second-order valence-corrected chi connectivity index (χ2v) is 6.84. The van der Waals surface area contributed by atoms with Crippen LogP contribution in [0.2, 0.25) is 0 Å². The Morgan fingerprint density at radius 3 is 2.30 bits per heavy atom. The molecule has 3 rings (SSSR count). The first-order chi connectivity index (χ1) is 14.3. The molecule has 1 aliphatic rings. The third-order valence-electron chi connectivity index (χ3n) is 4.45. The van der Waals surface area contributed by atoms with Crippen LogP contribution in [0, 0.1) is 0 Å². The lowest BCUT2D eigenvalue weighted by atomic mass is 9.99. The fraction of sp³-hybridized carbons (Fsp3) is 0.381. The number of hydrogen-bond acceptors (Lipinski definition) is 6. The first-order valence-electron chi connectivity index (χ1n) is 9.56. The van der Waals surface area contributed by atoms with Crippen molar-refractivity contribution in [2.75, 3.05) is 0 Å². The largest absolute Gasteiger partial charge is 0.479 e. The third kappa shape index (κ3) is 6.20. The fourth-order valence-corrected chi connectivity index (χ4v) is 2.80. The molecule has 1 heterocycles. The van der Waals surface area contributed by atoms with E-state index in [2.05, 4.69) is 10.1 Å². The molecular weight excluding hydrogens is 401 g/mol. The lowest BCUT2D eigenvalue weighted by Crippen LogP contribution is -2.25. The number of carbonyl (C=O) groups excluding carboxylic acids is 1. The Morgan fingerprint density at radius 2 is 1.70 bits per heavy atom. The van der Waals surface area contributed by atoms with Crippen molar-refractivity contribution in [1.29, 1.82) is 0 Å². The number of benzene rings is 1. The standard InChI is InChI=1S/C21H21F3N2O4/c1-14(20(27)30-26-16-5-3-2-4-6-16)28-17-8-10-18(11-9-17)29-19-12-7-15(13-25-19)21(22,23)24/h7-14H,2-6H2,1H3. The Hall–Kier alpha value is -3.10. The highest BCUT2D eigenvalue weighted by molar-refractivity contribution is 5.85. The van der Waals surface area contributed by atoms with Crippen LogP contribution in [0.1, 0.15) is 44.6 Å². The van der Waals surface area contributed by atoms with Crippen molar-refractivity contribution in [2.24, 2.45) is 5.16 Å². The highest BCUT2D eigenvalue weighted by Gasteiger charge is 2.30. The van der Waals surface area contributed by atoms with E-state index >= 15 is 0 Å². The highest BCUT2D eigenvalue weighted by atomic mass is 19.4. The SMILES string of the molecule is CC(Oc1ccc(Oc2ccc(C(F)(F)F)cn2)cc1)C(=O)ON=C1CCCCC1. The number of nitrogens with zero attached hydrogens (tertiary/aromatic N) is 2. The van der Waals surface area contributed by atoms with Crippen molar-refractivity contribution in [3.8, 4) is 17.4 Å². The molecule has 0 aliphatic heterocycles. The van der Waals surface area contributed by atoms with Gasteiger partial charge in [-0.2, -0.15) is 13.2 Å². The van der Waals surface area contributed by atoms with E-state index in [-0.39, 0.29) is 5.88 Å². The van der Waals surface area contributed by atoms with Gasteiger partial charge in [0.2, 0.25) is 5.88 Å². The van der Waals surface area contributed by atoms with E-state index < -0.39 is 23.8 Å². The molecule has 2 aromatic rings. The van der Waals surface area contributed by atoms with Crippen LogP contribution in [0.3, 0.4) is 0 Å². The maximum atomic E-state index is 12.6. The van der Waals surface area contributed by atoms with Crippen LogP contribution in [-0.2, 0) is 15.8 Å². The number of rotatable bonds is 6. The summed E-state index contributed by atoms with van der Waals surface area (Å²) in [6.45, 7) is 1.56. The third-order valence-corrected chi connectivity index (χ3v) is 4.45. The predicted molar refractivity (Wildman–Crippen MR) is 102 cm³/mol. The second-order valence-electron chi connectivity index (χ2n) is 6.84. The van der Waals surface area contributed by atoms with Gasteiger partial charge in [0.15, 0.2) is 6.10 Å². The van der Waals surface area contributed by atoms with Gasteiger partial charge < -0.3 is 14.3 Å². The summed E-state index contributed by atoms with van der Waals surface area (Å²) in [6.07, 6.45) is 0.358. The average Bonchev–Trinajstić information content (AvgIpc) is 2.74. The van der Waals surface area contributed by atoms with Crippen LogP contribution < -0.4 is 9.47 Å². The zero-order valence-corrected chi connectivity index (χ0v) is 16.3. The van der Waals surface area contributed by atoms with Gasteiger partial charge in [-0.1, -0.05) is 11.6 Å². The first kappa shape index (κ1) is 21.6. The molecule has 1 aliphatic carbocycles. The van der Waals surface area contributed by atoms with E-state index in [1.165, 1.54) is 6.42 Å². The van der Waals surface area contributed by atoms with Crippen LogP contribution in [0.5, 0.6) is 17.4 Å². The molecule has 1 unspecified atom stereocenters. The minimum Gasteiger partial charge on any atom is -0.479 e. The summed E-state index contributed by atoms with van der Waals surface area (Å²) in [4.78, 5) is 20.6. The van der Waals surface area contributed by atoms with Crippen molar-refractivity contribution in [3.63, 3.8) is 0 Å². The van der Waals surface area contributed by atoms with E-state index in [9.17, 15) is 18.0 Å². The van der Waals surface area contributed by atoms with Crippen LogP contribution in [-0.4, -0.2) is 22.8 Å². The molecule has 0 bridgehead atoms. The summed E-state index contributed by atoms with van der Waals surface area (Å²) in [5.74, 6) is 0.184. The summed E-state index contributed by atoms with van der Waals surface area (Å²) in [5.41, 5.74) is 0.0354. The maximum absolute atomic E-state index is 12.6. The summed E-state index contributed by atoms with van der Waals surface area (Å²) >= 11 is 0. The number of ether oxygens (including phenoxy) is 2. The van der Waals surface area contributed by atoms with E-state index in [1.54, 1.807) is 31.2 Å². The smallest absolute Gasteiger partial charge is 0.417 e. The molecule has 0 spiro atoms. The Labute approximate surface area is 171 Å². The molecule has 30 heavy (non-hydrogen) atoms. The van der Waals surface area contributed by atoms with Gasteiger partial charge in [0.25, 0.3) is 0 Å². The van der Waals surface area contributed by atoms with Crippen LogP contribution >= 0.6 is 0 Å². The lowest BCUT2D eigenvalue weighted by molar-refractivity contribution is -0.151. The van der Waals surface area contributed by atoms with Crippen LogP contribution in [0.15, 0.2) is 47.8 Å². The lowest BCUT2D eigenvalue weighted by Gasteiger charge is -2.14. The number of hydrogen-bond donors (Lipinski definition) is 0. The average molecular weight is 422 g/mol. The topological polar surface area (TPSA) is 70.0 Å². The Morgan fingerprint density at radius 1 is 1.03 bits per heavy atom. The van der Waals surface area contributed by atoms with Crippen molar-refractivity contribution >= 4 is 11.7 Å². The van der Waals surface area contributed by atoms with Gasteiger partial charge in [0.1, 0.15) is 11.5 Å².